The van der Waals surface area contributed by atoms with Gasteiger partial charge < -0.3 is 14.4 Å². The summed E-state index contributed by atoms with van der Waals surface area (Å²) < 4.78 is 11.0. The number of non-ortho nitro benzene ring substituents is 1. The molecule has 4 rings (SSSR count). The molecule has 8 nitrogen and oxygen atoms in total. The van der Waals surface area contributed by atoms with Gasteiger partial charge in [0.1, 0.15) is 5.57 Å². The lowest BCUT2D eigenvalue weighted by Gasteiger charge is -2.33. The van der Waals surface area contributed by atoms with Crippen molar-refractivity contribution >= 4 is 29.4 Å². The number of carbonyl (C=O) groups excluding carboxylic acids is 2. The summed E-state index contributed by atoms with van der Waals surface area (Å²) in [4.78, 5) is 38.1. The van der Waals surface area contributed by atoms with Gasteiger partial charge in [0.05, 0.1) is 4.92 Å². The monoisotopic (exact) mass is 400 g/mol. The molecule has 0 unspecified atom stereocenters. The lowest BCUT2D eigenvalue weighted by atomic mass is 10.0. The molecular formula is C21H24N2O6. The fraction of sp³-hybridized carbons (Fsp3) is 0.524. The summed E-state index contributed by atoms with van der Waals surface area (Å²) >= 11 is 0. The van der Waals surface area contributed by atoms with Crippen molar-refractivity contribution in [3.05, 3.63) is 39.4 Å². The summed E-state index contributed by atoms with van der Waals surface area (Å²) in [5.74, 6) is -2.59. The molecule has 1 spiro atoms. The number of hydrogen-bond donors (Lipinski definition) is 0. The van der Waals surface area contributed by atoms with Crippen LogP contribution in [-0.4, -0.2) is 35.7 Å². The van der Waals surface area contributed by atoms with Crippen LogP contribution in [0.1, 0.15) is 56.9 Å². The van der Waals surface area contributed by atoms with Gasteiger partial charge in [-0.25, -0.2) is 9.59 Å². The van der Waals surface area contributed by atoms with Gasteiger partial charge in [-0.2, -0.15) is 0 Å². The van der Waals surface area contributed by atoms with Crippen LogP contribution in [0, 0.1) is 10.1 Å². The van der Waals surface area contributed by atoms with Crippen LogP contribution in [0.3, 0.4) is 0 Å². The van der Waals surface area contributed by atoms with Gasteiger partial charge in [0.15, 0.2) is 0 Å². The summed E-state index contributed by atoms with van der Waals surface area (Å²) in [5, 5.41) is 11.3. The molecule has 2 saturated heterocycles. The van der Waals surface area contributed by atoms with Gasteiger partial charge >= 0.3 is 11.9 Å². The molecule has 8 heteroatoms. The van der Waals surface area contributed by atoms with Crippen LogP contribution in [0.4, 0.5) is 11.4 Å². The maximum Gasteiger partial charge on any atom is 0.348 e. The lowest BCUT2D eigenvalue weighted by Crippen LogP contribution is -2.44. The maximum atomic E-state index is 12.6. The molecule has 1 aliphatic carbocycles. The molecule has 0 radical (unpaired) electrons. The average Bonchev–Trinajstić information content (AvgIpc) is 2.96. The molecule has 1 aromatic carbocycles. The van der Waals surface area contributed by atoms with Crippen molar-refractivity contribution in [1.82, 2.24) is 0 Å². The van der Waals surface area contributed by atoms with Crippen LogP contribution in [0.25, 0.3) is 6.08 Å². The van der Waals surface area contributed by atoms with Crippen LogP contribution in [-0.2, 0) is 19.1 Å². The van der Waals surface area contributed by atoms with Crippen LogP contribution < -0.4 is 4.90 Å². The van der Waals surface area contributed by atoms with E-state index < -0.39 is 22.6 Å². The van der Waals surface area contributed by atoms with Gasteiger partial charge in [-0.15, -0.1) is 0 Å². The third kappa shape index (κ3) is 3.97. The Morgan fingerprint density at radius 3 is 2.17 bits per heavy atom. The Labute approximate surface area is 168 Å². The summed E-state index contributed by atoms with van der Waals surface area (Å²) in [6, 6.07) is 4.54. The van der Waals surface area contributed by atoms with Crippen molar-refractivity contribution < 1.29 is 24.0 Å². The van der Waals surface area contributed by atoms with Crippen molar-refractivity contribution in [3.63, 3.8) is 0 Å². The van der Waals surface area contributed by atoms with Crippen molar-refractivity contribution in [2.45, 2.75) is 57.2 Å². The molecule has 3 aliphatic rings. The van der Waals surface area contributed by atoms with Gasteiger partial charge in [-0.05, 0) is 37.8 Å². The third-order valence-corrected chi connectivity index (χ3v) is 5.83. The average molecular weight is 400 g/mol. The van der Waals surface area contributed by atoms with Crippen LogP contribution >= 0.6 is 0 Å². The lowest BCUT2D eigenvalue weighted by molar-refractivity contribution is -0.384. The Hall–Kier alpha value is -2.90. The largest absolute Gasteiger partial charge is 0.419 e. The van der Waals surface area contributed by atoms with Gasteiger partial charge in [-0.3, -0.25) is 10.1 Å². The number of benzene rings is 1. The summed E-state index contributed by atoms with van der Waals surface area (Å²) in [5.41, 5.74) is 0.901. The zero-order valence-corrected chi connectivity index (χ0v) is 16.2. The van der Waals surface area contributed by atoms with E-state index in [1.54, 1.807) is 6.07 Å². The highest BCUT2D eigenvalue weighted by molar-refractivity contribution is 6.19. The first-order valence-electron chi connectivity index (χ1n) is 10.2. The standard InChI is InChI=1S/C21H24N2O6/c24-19-17(20(25)29-21(28-19)9-3-4-10-21)14-15-13-16(23(26)27)7-8-18(15)22-11-5-1-2-6-12-22/h7-8,13-14H,1-6,9-12H2. The van der Waals surface area contributed by atoms with E-state index >= 15 is 0 Å². The normalized spacial score (nSPS) is 21.5. The molecule has 0 N–H and O–H groups in total. The van der Waals surface area contributed by atoms with Crippen molar-refractivity contribution in [3.8, 4) is 0 Å². The van der Waals surface area contributed by atoms with Crippen molar-refractivity contribution in [1.29, 1.82) is 0 Å². The highest BCUT2D eigenvalue weighted by atomic mass is 16.7. The molecule has 0 aromatic heterocycles. The third-order valence-electron chi connectivity index (χ3n) is 5.83. The van der Waals surface area contributed by atoms with E-state index in [9.17, 15) is 19.7 Å². The quantitative estimate of drug-likeness (QED) is 0.251. The second kappa shape index (κ2) is 7.85. The molecule has 1 aromatic rings. The minimum absolute atomic E-state index is 0.0970. The first-order chi connectivity index (χ1) is 14.0. The number of nitro benzene ring substituents is 1. The van der Waals surface area contributed by atoms with E-state index in [0.717, 1.165) is 57.3 Å². The maximum absolute atomic E-state index is 12.6. The van der Waals surface area contributed by atoms with E-state index in [0.29, 0.717) is 18.4 Å². The number of nitrogens with zero attached hydrogens (tertiary/aromatic N) is 2. The second-order valence-electron chi connectivity index (χ2n) is 7.86. The summed E-state index contributed by atoms with van der Waals surface area (Å²) in [7, 11) is 0. The predicted octanol–water partition coefficient (Wildman–Crippen LogP) is 3.73. The molecule has 2 aliphatic heterocycles. The minimum atomic E-state index is -1.14. The Bertz CT molecular complexity index is 842. The molecule has 1 saturated carbocycles. The molecule has 0 bridgehead atoms. The van der Waals surface area contributed by atoms with Gasteiger partial charge in [0, 0.05) is 49.3 Å². The van der Waals surface area contributed by atoms with Gasteiger partial charge in [-0.1, -0.05) is 12.8 Å². The van der Waals surface area contributed by atoms with E-state index in [1.807, 2.05) is 0 Å². The number of hydrogen-bond acceptors (Lipinski definition) is 7. The molecular weight excluding hydrogens is 376 g/mol. The first kappa shape index (κ1) is 19.4. The van der Waals surface area contributed by atoms with E-state index in [-0.39, 0.29) is 11.3 Å². The Kier molecular flexibility index (Phi) is 5.25. The molecule has 29 heavy (non-hydrogen) atoms. The molecule has 3 fully saturated rings. The van der Waals surface area contributed by atoms with Crippen molar-refractivity contribution in [2.75, 3.05) is 18.0 Å². The number of anilines is 1. The zero-order valence-electron chi connectivity index (χ0n) is 16.2. The number of esters is 2. The highest BCUT2D eigenvalue weighted by Gasteiger charge is 2.48. The van der Waals surface area contributed by atoms with E-state index in [2.05, 4.69) is 4.90 Å². The summed E-state index contributed by atoms with van der Waals surface area (Å²) in [6.07, 6.45) is 8.40. The fourth-order valence-corrected chi connectivity index (χ4v) is 4.31. The predicted molar refractivity (Wildman–Crippen MR) is 105 cm³/mol. The molecule has 2 heterocycles. The number of nitro groups is 1. The van der Waals surface area contributed by atoms with E-state index in [1.165, 1.54) is 18.2 Å². The topological polar surface area (TPSA) is 99.0 Å². The Balaban J connectivity index is 1.70. The Morgan fingerprint density at radius 1 is 0.966 bits per heavy atom. The van der Waals surface area contributed by atoms with Crippen molar-refractivity contribution in [2.24, 2.45) is 0 Å². The second-order valence-corrected chi connectivity index (χ2v) is 7.86. The van der Waals surface area contributed by atoms with Gasteiger partial charge in [0.25, 0.3) is 11.5 Å². The smallest absolute Gasteiger partial charge is 0.348 e. The zero-order chi connectivity index (χ0) is 20.4. The first-order valence-corrected chi connectivity index (χ1v) is 10.2. The van der Waals surface area contributed by atoms with Crippen LogP contribution in [0.15, 0.2) is 23.8 Å². The number of rotatable bonds is 3. The summed E-state index contributed by atoms with van der Waals surface area (Å²) in [6.45, 7) is 1.65. The van der Waals surface area contributed by atoms with Crippen LogP contribution in [0.5, 0.6) is 0 Å². The van der Waals surface area contributed by atoms with E-state index in [4.69, 9.17) is 9.47 Å². The number of carbonyl (C=O) groups is 2. The van der Waals surface area contributed by atoms with Crippen LogP contribution in [0.2, 0.25) is 0 Å². The Morgan fingerprint density at radius 2 is 1.59 bits per heavy atom. The molecule has 0 atom stereocenters. The van der Waals surface area contributed by atoms with Gasteiger partial charge in [0.2, 0.25) is 0 Å². The SMILES string of the molecule is O=C1OC2(CCCC2)OC(=O)C1=Cc1cc([N+](=O)[O-])ccc1N1CCCCCC1. The highest BCUT2D eigenvalue weighted by Crippen LogP contribution is 2.39. The fourth-order valence-electron chi connectivity index (χ4n) is 4.31. The molecule has 154 valence electrons. The minimum Gasteiger partial charge on any atom is -0.419 e. The number of ether oxygens (including phenoxy) is 2. The molecule has 0 amide bonds.